The van der Waals surface area contributed by atoms with Gasteiger partial charge in [0.15, 0.2) is 14.8 Å². The van der Waals surface area contributed by atoms with Crippen LogP contribution in [0.3, 0.4) is 0 Å². The first-order chi connectivity index (χ1) is 11.8. The number of aromatic hydroxyl groups is 1. The number of hydrogen-bond acceptors (Lipinski definition) is 9. The number of phenols is 1. The van der Waals surface area contributed by atoms with Crippen molar-refractivity contribution in [2.45, 2.75) is 4.90 Å². The van der Waals surface area contributed by atoms with E-state index < -0.39 is 9.84 Å². The van der Waals surface area contributed by atoms with Crippen molar-refractivity contribution in [2.75, 3.05) is 6.26 Å². The van der Waals surface area contributed by atoms with Crippen LogP contribution >= 0.6 is 23.1 Å². The van der Waals surface area contributed by atoms with Crippen molar-refractivity contribution in [1.29, 1.82) is 5.26 Å². The van der Waals surface area contributed by atoms with Gasteiger partial charge in [-0.25, -0.2) is 13.4 Å². The number of nitrogens with zero attached hydrogens (tertiary/aromatic N) is 5. The zero-order valence-corrected chi connectivity index (χ0v) is 14.9. The normalized spacial score (nSPS) is 11.9. The second-order valence-electron chi connectivity index (χ2n) is 4.91. The summed E-state index contributed by atoms with van der Waals surface area (Å²) < 4.78 is 27.4. The van der Waals surface area contributed by atoms with E-state index in [1.54, 1.807) is 0 Å². The standard InChI is InChI=1S/C14H8ClN5O3S2/c1-25(22,23)11-4-7(2-3-10(11)21)18-19-14-9-6-17-13(15)8(5-16)12(9)20-24-14/h2-4,6,21H,1H3. The van der Waals surface area contributed by atoms with Crippen LogP contribution in [0.5, 0.6) is 5.75 Å². The van der Waals surface area contributed by atoms with E-state index in [1.165, 1.54) is 24.4 Å². The Morgan fingerprint density at radius 3 is 2.80 bits per heavy atom. The summed E-state index contributed by atoms with van der Waals surface area (Å²) in [5.41, 5.74) is 0.770. The number of pyridine rings is 1. The molecule has 3 rings (SSSR count). The highest BCUT2D eigenvalue weighted by atomic mass is 35.5. The molecule has 11 heteroatoms. The van der Waals surface area contributed by atoms with Gasteiger partial charge in [-0.3, -0.25) is 0 Å². The largest absolute Gasteiger partial charge is 0.507 e. The maximum Gasteiger partial charge on any atom is 0.179 e. The number of fused-ring (bicyclic) bond motifs is 1. The lowest BCUT2D eigenvalue weighted by Crippen LogP contribution is -1.96. The molecule has 0 saturated heterocycles. The van der Waals surface area contributed by atoms with Crippen LogP contribution in [-0.4, -0.2) is 29.1 Å². The minimum atomic E-state index is -3.60. The van der Waals surface area contributed by atoms with E-state index >= 15 is 0 Å². The van der Waals surface area contributed by atoms with E-state index in [0.29, 0.717) is 15.9 Å². The number of azo groups is 1. The number of benzene rings is 1. The minimum Gasteiger partial charge on any atom is -0.507 e. The molecule has 0 aliphatic rings. The number of rotatable bonds is 3. The molecule has 1 aromatic carbocycles. The third-order valence-electron chi connectivity index (χ3n) is 3.17. The van der Waals surface area contributed by atoms with Crippen LogP contribution in [-0.2, 0) is 9.84 Å². The summed E-state index contributed by atoms with van der Waals surface area (Å²) in [5, 5.41) is 27.7. The summed E-state index contributed by atoms with van der Waals surface area (Å²) in [7, 11) is -3.60. The average Bonchev–Trinajstić information content (AvgIpc) is 2.96. The van der Waals surface area contributed by atoms with Crippen molar-refractivity contribution in [1.82, 2.24) is 9.36 Å². The predicted octanol–water partition coefficient (Wildman–Crippen LogP) is 3.74. The summed E-state index contributed by atoms with van der Waals surface area (Å²) in [6, 6.07) is 5.80. The lowest BCUT2D eigenvalue weighted by molar-refractivity contribution is 0.459. The molecule has 25 heavy (non-hydrogen) atoms. The van der Waals surface area contributed by atoms with Gasteiger partial charge in [-0.15, -0.1) is 10.2 Å². The molecular formula is C14H8ClN5O3S2. The van der Waals surface area contributed by atoms with E-state index in [1.807, 2.05) is 6.07 Å². The topological polar surface area (TPSA) is 129 Å². The highest BCUT2D eigenvalue weighted by Crippen LogP contribution is 2.35. The van der Waals surface area contributed by atoms with Crippen LogP contribution in [0.15, 0.2) is 39.5 Å². The third kappa shape index (κ3) is 3.30. The van der Waals surface area contributed by atoms with Gasteiger partial charge in [-0.1, -0.05) is 11.6 Å². The van der Waals surface area contributed by atoms with Crippen molar-refractivity contribution < 1.29 is 13.5 Å². The van der Waals surface area contributed by atoms with Crippen molar-refractivity contribution in [3.63, 3.8) is 0 Å². The molecule has 126 valence electrons. The van der Waals surface area contributed by atoms with E-state index in [-0.39, 0.29) is 27.0 Å². The Morgan fingerprint density at radius 1 is 1.36 bits per heavy atom. The Hall–Kier alpha value is -2.61. The molecule has 2 heterocycles. The number of hydrogen-bond donors (Lipinski definition) is 1. The van der Waals surface area contributed by atoms with Crippen molar-refractivity contribution in [3.8, 4) is 11.8 Å². The Kier molecular flexibility index (Phi) is 4.38. The first-order valence-corrected chi connectivity index (χ1v) is 9.64. The summed E-state index contributed by atoms with van der Waals surface area (Å²) in [6.45, 7) is 0. The fraction of sp³-hybridized carbons (Fsp3) is 0.0714. The van der Waals surface area contributed by atoms with Gasteiger partial charge >= 0.3 is 0 Å². The molecule has 0 aliphatic carbocycles. The smallest absolute Gasteiger partial charge is 0.179 e. The molecule has 0 amide bonds. The summed E-state index contributed by atoms with van der Waals surface area (Å²) >= 11 is 6.86. The fourth-order valence-corrected chi connectivity index (χ4v) is 3.66. The van der Waals surface area contributed by atoms with Gasteiger partial charge in [0.25, 0.3) is 0 Å². The van der Waals surface area contributed by atoms with Crippen LogP contribution in [0.1, 0.15) is 5.56 Å². The number of phenolic OH excluding ortho intramolecular Hbond substituents is 1. The van der Waals surface area contributed by atoms with Gasteiger partial charge in [0.2, 0.25) is 0 Å². The van der Waals surface area contributed by atoms with Crippen molar-refractivity contribution in [3.05, 3.63) is 35.1 Å². The zero-order chi connectivity index (χ0) is 18.2. The van der Waals surface area contributed by atoms with Crippen LogP contribution in [0.2, 0.25) is 5.15 Å². The van der Waals surface area contributed by atoms with E-state index in [9.17, 15) is 13.5 Å². The Labute approximate surface area is 151 Å². The SMILES string of the molecule is CS(=O)(=O)c1cc(N=Nc2snc3c(C#N)c(Cl)ncc23)ccc1O. The molecule has 0 saturated carbocycles. The maximum atomic E-state index is 11.6. The van der Waals surface area contributed by atoms with E-state index in [2.05, 4.69) is 19.6 Å². The Bertz CT molecular complexity index is 1170. The number of halogens is 1. The van der Waals surface area contributed by atoms with Gasteiger partial charge in [0, 0.05) is 12.5 Å². The summed E-state index contributed by atoms with van der Waals surface area (Å²) in [5.74, 6) is -0.359. The van der Waals surface area contributed by atoms with Gasteiger partial charge in [0.1, 0.15) is 32.9 Å². The lowest BCUT2D eigenvalue weighted by atomic mass is 10.2. The molecule has 0 radical (unpaired) electrons. The molecule has 0 spiro atoms. The van der Waals surface area contributed by atoms with Gasteiger partial charge in [-0.2, -0.15) is 9.64 Å². The molecule has 0 atom stereocenters. The predicted molar refractivity (Wildman–Crippen MR) is 92.5 cm³/mol. The molecular weight excluding hydrogens is 386 g/mol. The van der Waals surface area contributed by atoms with Gasteiger partial charge in [0.05, 0.1) is 11.1 Å². The van der Waals surface area contributed by atoms with Gasteiger partial charge in [-0.05, 0) is 29.7 Å². The first-order valence-electron chi connectivity index (χ1n) is 6.60. The second-order valence-corrected chi connectivity index (χ2v) is 8.00. The van der Waals surface area contributed by atoms with Crippen LogP contribution < -0.4 is 0 Å². The van der Waals surface area contributed by atoms with Crippen LogP contribution in [0.25, 0.3) is 10.9 Å². The van der Waals surface area contributed by atoms with Crippen molar-refractivity contribution in [2.24, 2.45) is 10.2 Å². The second kappa shape index (κ2) is 6.36. The number of nitriles is 1. The lowest BCUT2D eigenvalue weighted by Gasteiger charge is -2.02. The molecule has 0 aliphatic heterocycles. The third-order valence-corrected chi connectivity index (χ3v) is 5.33. The molecule has 8 nitrogen and oxygen atoms in total. The number of aromatic nitrogens is 2. The van der Waals surface area contributed by atoms with E-state index in [0.717, 1.165) is 17.8 Å². The quantitative estimate of drug-likeness (QED) is 0.533. The molecule has 2 aromatic heterocycles. The first kappa shape index (κ1) is 17.2. The van der Waals surface area contributed by atoms with E-state index in [4.69, 9.17) is 16.9 Å². The fourth-order valence-electron chi connectivity index (χ4n) is 2.01. The average molecular weight is 394 g/mol. The van der Waals surface area contributed by atoms with Crippen LogP contribution in [0, 0.1) is 11.3 Å². The summed E-state index contributed by atoms with van der Waals surface area (Å²) in [4.78, 5) is 3.68. The zero-order valence-electron chi connectivity index (χ0n) is 12.5. The maximum absolute atomic E-state index is 11.6. The minimum absolute atomic E-state index is 0.0557. The molecule has 0 bridgehead atoms. The molecule has 3 aromatic rings. The van der Waals surface area contributed by atoms with Crippen molar-refractivity contribution >= 4 is 54.6 Å². The Morgan fingerprint density at radius 2 is 2.12 bits per heavy atom. The molecule has 0 unspecified atom stereocenters. The number of sulfone groups is 1. The highest BCUT2D eigenvalue weighted by molar-refractivity contribution is 7.90. The Balaban J connectivity index is 2.04. The highest BCUT2D eigenvalue weighted by Gasteiger charge is 2.15. The summed E-state index contributed by atoms with van der Waals surface area (Å²) in [6.07, 6.45) is 2.42. The van der Waals surface area contributed by atoms with Gasteiger partial charge < -0.3 is 5.11 Å². The molecule has 1 N–H and O–H groups in total. The monoisotopic (exact) mass is 393 g/mol. The van der Waals surface area contributed by atoms with Crippen LogP contribution in [0.4, 0.5) is 10.7 Å². The molecule has 0 fully saturated rings.